The van der Waals surface area contributed by atoms with Gasteiger partial charge in [0.2, 0.25) is 0 Å². The zero-order valence-corrected chi connectivity index (χ0v) is 15.4. The second-order valence-electron chi connectivity index (χ2n) is 5.81. The third kappa shape index (κ3) is 5.87. The molecule has 0 aromatic heterocycles. The number of methoxy groups -OCH3 is 1. The van der Waals surface area contributed by atoms with Crippen molar-refractivity contribution < 1.29 is 9.47 Å². The van der Waals surface area contributed by atoms with Crippen LogP contribution >= 0.6 is 15.9 Å². The van der Waals surface area contributed by atoms with Crippen LogP contribution in [0.5, 0.6) is 11.5 Å². The molecule has 0 spiro atoms. The summed E-state index contributed by atoms with van der Waals surface area (Å²) in [7, 11) is 1.68. The van der Waals surface area contributed by atoms with Crippen LogP contribution in [0, 0.1) is 11.8 Å². The van der Waals surface area contributed by atoms with Crippen molar-refractivity contribution in [2.75, 3.05) is 20.3 Å². The van der Waals surface area contributed by atoms with E-state index in [0.29, 0.717) is 18.4 Å². The molecule has 1 rings (SSSR count). The van der Waals surface area contributed by atoms with E-state index in [1.807, 2.05) is 6.07 Å². The van der Waals surface area contributed by atoms with Gasteiger partial charge in [-0.25, -0.2) is 0 Å². The van der Waals surface area contributed by atoms with Gasteiger partial charge in [0.25, 0.3) is 0 Å². The molecule has 0 saturated heterocycles. The van der Waals surface area contributed by atoms with Crippen LogP contribution in [0.25, 0.3) is 0 Å². The fourth-order valence-corrected chi connectivity index (χ4v) is 2.50. The fourth-order valence-electron chi connectivity index (χ4n) is 1.90. The molecular formula is C17H28BrNO2. The Bertz CT molecular complexity index is 435. The van der Waals surface area contributed by atoms with Crippen molar-refractivity contribution in [2.24, 2.45) is 11.8 Å². The van der Waals surface area contributed by atoms with Crippen LogP contribution in [0.4, 0.5) is 0 Å². The van der Waals surface area contributed by atoms with Gasteiger partial charge < -0.3 is 14.8 Å². The molecule has 0 radical (unpaired) electrons. The zero-order chi connectivity index (χ0) is 15.8. The van der Waals surface area contributed by atoms with Crippen LogP contribution in [0.15, 0.2) is 16.6 Å². The smallest absolute Gasteiger partial charge is 0.175 e. The Morgan fingerprint density at radius 2 is 1.95 bits per heavy atom. The van der Waals surface area contributed by atoms with Gasteiger partial charge in [-0.15, -0.1) is 0 Å². The molecule has 1 unspecified atom stereocenters. The van der Waals surface area contributed by atoms with E-state index >= 15 is 0 Å². The van der Waals surface area contributed by atoms with Crippen molar-refractivity contribution >= 4 is 15.9 Å². The Balaban J connectivity index is 2.70. The second-order valence-corrected chi connectivity index (χ2v) is 6.66. The van der Waals surface area contributed by atoms with Gasteiger partial charge in [0.05, 0.1) is 18.2 Å². The minimum atomic E-state index is 0.669. The predicted molar refractivity (Wildman–Crippen MR) is 92.2 cm³/mol. The van der Waals surface area contributed by atoms with E-state index in [-0.39, 0.29) is 0 Å². The molecule has 1 aromatic carbocycles. The van der Waals surface area contributed by atoms with Crippen molar-refractivity contribution in [3.8, 4) is 11.5 Å². The van der Waals surface area contributed by atoms with E-state index in [0.717, 1.165) is 35.5 Å². The molecular weight excluding hydrogens is 330 g/mol. The fraction of sp³-hybridized carbons (Fsp3) is 0.647. The van der Waals surface area contributed by atoms with E-state index in [9.17, 15) is 0 Å². The number of ether oxygens (including phenoxy) is 2. The van der Waals surface area contributed by atoms with E-state index in [1.165, 1.54) is 5.56 Å². The summed E-state index contributed by atoms with van der Waals surface area (Å²) in [5.41, 5.74) is 1.19. The largest absolute Gasteiger partial charge is 0.493 e. The third-order valence-electron chi connectivity index (χ3n) is 3.67. The van der Waals surface area contributed by atoms with Gasteiger partial charge >= 0.3 is 0 Å². The number of nitrogens with one attached hydrogen (secondary N) is 1. The van der Waals surface area contributed by atoms with Gasteiger partial charge in [0.1, 0.15) is 0 Å². The Kier molecular flexibility index (Phi) is 8.12. The molecule has 0 saturated carbocycles. The molecule has 4 heteroatoms. The summed E-state index contributed by atoms with van der Waals surface area (Å²) in [6.07, 6.45) is 0.978. The SMILES string of the molecule is CCCOc1c(Br)cc(CNCC(C)C(C)C)cc1OC. The second kappa shape index (κ2) is 9.31. The maximum absolute atomic E-state index is 5.74. The first-order valence-electron chi connectivity index (χ1n) is 7.69. The molecule has 120 valence electrons. The minimum Gasteiger partial charge on any atom is -0.493 e. The standard InChI is InChI=1S/C17H28BrNO2/c1-6-7-21-17-15(18)8-14(9-16(17)20-5)11-19-10-13(4)12(2)3/h8-9,12-13,19H,6-7,10-11H2,1-5H3. The first-order chi connectivity index (χ1) is 9.99. The van der Waals surface area contributed by atoms with Crippen molar-refractivity contribution in [1.29, 1.82) is 0 Å². The van der Waals surface area contributed by atoms with Crippen LogP contribution in [0.2, 0.25) is 0 Å². The van der Waals surface area contributed by atoms with Crippen molar-refractivity contribution in [3.63, 3.8) is 0 Å². The topological polar surface area (TPSA) is 30.5 Å². The molecule has 21 heavy (non-hydrogen) atoms. The van der Waals surface area contributed by atoms with Crippen molar-refractivity contribution in [2.45, 2.75) is 40.7 Å². The Morgan fingerprint density at radius 1 is 1.24 bits per heavy atom. The number of hydrogen-bond donors (Lipinski definition) is 1. The summed E-state index contributed by atoms with van der Waals surface area (Å²) in [6, 6.07) is 4.14. The summed E-state index contributed by atoms with van der Waals surface area (Å²) >= 11 is 3.58. The lowest BCUT2D eigenvalue weighted by molar-refractivity contribution is 0.292. The highest BCUT2D eigenvalue weighted by Crippen LogP contribution is 2.36. The average Bonchev–Trinajstić information content (AvgIpc) is 2.45. The highest BCUT2D eigenvalue weighted by molar-refractivity contribution is 9.10. The summed E-state index contributed by atoms with van der Waals surface area (Å²) < 4.78 is 12.1. The molecule has 1 N–H and O–H groups in total. The third-order valence-corrected chi connectivity index (χ3v) is 4.26. The van der Waals surface area contributed by atoms with Crippen LogP contribution < -0.4 is 14.8 Å². The first-order valence-corrected chi connectivity index (χ1v) is 8.48. The van der Waals surface area contributed by atoms with Gasteiger partial charge in [-0.2, -0.15) is 0 Å². The molecule has 0 fully saturated rings. The summed E-state index contributed by atoms with van der Waals surface area (Å²) in [5.74, 6) is 2.94. The normalized spacial score (nSPS) is 12.5. The maximum Gasteiger partial charge on any atom is 0.175 e. The molecule has 1 atom stereocenters. The number of rotatable bonds is 9. The van der Waals surface area contributed by atoms with Crippen LogP contribution in [0.1, 0.15) is 39.7 Å². The van der Waals surface area contributed by atoms with Gasteiger partial charge in [0, 0.05) is 6.54 Å². The summed E-state index contributed by atoms with van der Waals surface area (Å²) in [5, 5.41) is 3.51. The van der Waals surface area contributed by atoms with E-state index in [2.05, 4.69) is 55.0 Å². The monoisotopic (exact) mass is 357 g/mol. The highest BCUT2D eigenvalue weighted by atomic mass is 79.9. The number of halogens is 1. The molecule has 0 amide bonds. The lowest BCUT2D eigenvalue weighted by atomic mass is 9.98. The van der Waals surface area contributed by atoms with Gasteiger partial charge in [-0.1, -0.05) is 27.7 Å². The van der Waals surface area contributed by atoms with Crippen LogP contribution in [0.3, 0.4) is 0 Å². The van der Waals surface area contributed by atoms with Gasteiger partial charge in [0.15, 0.2) is 11.5 Å². The molecule has 3 nitrogen and oxygen atoms in total. The Morgan fingerprint density at radius 3 is 2.52 bits per heavy atom. The van der Waals surface area contributed by atoms with Crippen LogP contribution in [-0.2, 0) is 6.54 Å². The Hall–Kier alpha value is -0.740. The quantitative estimate of drug-likeness (QED) is 0.698. The zero-order valence-electron chi connectivity index (χ0n) is 13.8. The van der Waals surface area contributed by atoms with Crippen molar-refractivity contribution in [1.82, 2.24) is 5.32 Å². The lowest BCUT2D eigenvalue weighted by Crippen LogP contribution is -2.23. The van der Waals surface area contributed by atoms with E-state index in [1.54, 1.807) is 7.11 Å². The van der Waals surface area contributed by atoms with E-state index in [4.69, 9.17) is 9.47 Å². The Labute approximate surface area is 137 Å². The molecule has 0 aliphatic carbocycles. The number of benzene rings is 1. The summed E-state index contributed by atoms with van der Waals surface area (Å²) in [4.78, 5) is 0. The highest BCUT2D eigenvalue weighted by Gasteiger charge is 2.12. The lowest BCUT2D eigenvalue weighted by Gasteiger charge is -2.17. The molecule has 0 aliphatic rings. The molecule has 0 aliphatic heterocycles. The predicted octanol–water partition coefficient (Wildman–Crippen LogP) is 4.63. The average molecular weight is 358 g/mol. The van der Waals surface area contributed by atoms with E-state index < -0.39 is 0 Å². The van der Waals surface area contributed by atoms with Gasteiger partial charge in [-0.3, -0.25) is 0 Å². The van der Waals surface area contributed by atoms with Crippen molar-refractivity contribution in [3.05, 3.63) is 22.2 Å². The van der Waals surface area contributed by atoms with Crippen LogP contribution in [-0.4, -0.2) is 20.3 Å². The number of hydrogen-bond acceptors (Lipinski definition) is 3. The molecule has 0 bridgehead atoms. The first kappa shape index (κ1) is 18.3. The summed E-state index contributed by atoms with van der Waals surface area (Å²) in [6.45, 7) is 11.4. The maximum atomic E-state index is 5.74. The molecule has 1 aromatic rings. The minimum absolute atomic E-state index is 0.669. The van der Waals surface area contributed by atoms with Gasteiger partial charge in [-0.05, 0) is 58.4 Å². The molecule has 0 heterocycles.